The van der Waals surface area contributed by atoms with Crippen LogP contribution < -0.4 is 15.2 Å². The minimum absolute atomic E-state index is 0.252. The molecule has 2 N–H and O–H groups in total. The van der Waals surface area contributed by atoms with Crippen molar-refractivity contribution in [3.63, 3.8) is 0 Å². The van der Waals surface area contributed by atoms with Crippen molar-refractivity contribution in [2.24, 2.45) is 5.73 Å². The highest BCUT2D eigenvalue weighted by Gasteiger charge is 2.16. The van der Waals surface area contributed by atoms with Gasteiger partial charge in [-0.15, -0.1) is 0 Å². The zero-order valence-electron chi connectivity index (χ0n) is 11.5. The van der Waals surface area contributed by atoms with E-state index < -0.39 is 0 Å². The predicted octanol–water partition coefficient (Wildman–Crippen LogP) is 2.91. The van der Waals surface area contributed by atoms with Gasteiger partial charge >= 0.3 is 0 Å². The van der Waals surface area contributed by atoms with Crippen LogP contribution in [-0.2, 0) is 6.42 Å². The van der Waals surface area contributed by atoms with Crippen molar-refractivity contribution in [1.29, 1.82) is 0 Å². The zero-order valence-corrected chi connectivity index (χ0v) is 11.5. The van der Waals surface area contributed by atoms with E-state index in [-0.39, 0.29) is 6.04 Å². The van der Waals surface area contributed by atoms with Crippen LogP contribution in [0.5, 0.6) is 11.5 Å². The molecule has 1 aromatic carbocycles. The van der Waals surface area contributed by atoms with Crippen molar-refractivity contribution in [2.75, 3.05) is 14.2 Å². The largest absolute Gasteiger partial charge is 0.497 e. The number of aryl methyl sites for hydroxylation is 1. The Balaban J connectivity index is 2.40. The summed E-state index contributed by atoms with van der Waals surface area (Å²) < 4.78 is 16.0. The molecule has 2 rings (SSSR count). The molecule has 2 aromatic rings. The Labute approximate surface area is 113 Å². The molecule has 0 aliphatic heterocycles. The maximum atomic E-state index is 6.31. The SMILES string of the molecule is CCc1occc1C(N)c1cc(OC)cc(OC)c1. The van der Waals surface area contributed by atoms with Gasteiger partial charge in [-0.2, -0.15) is 0 Å². The average molecular weight is 261 g/mol. The molecular formula is C15H19NO3. The smallest absolute Gasteiger partial charge is 0.122 e. The van der Waals surface area contributed by atoms with Gasteiger partial charge in [0.1, 0.15) is 17.3 Å². The van der Waals surface area contributed by atoms with Crippen LogP contribution in [0.4, 0.5) is 0 Å². The van der Waals surface area contributed by atoms with Gasteiger partial charge in [-0.05, 0) is 23.8 Å². The lowest BCUT2D eigenvalue weighted by atomic mass is 9.98. The fourth-order valence-electron chi connectivity index (χ4n) is 2.10. The molecule has 0 bridgehead atoms. The van der Waals surface area contributed by atoms with Gasteiger partial charge < -0.3 is 19.6 Å². The standard InChI is InChI=1S/C15H19NO3/c1-4-14-13(5-6-19-14)15(16)10-7-11(17-2)9-12(8-10)18-3/h5-9,15H,4,16H2,1-3H3. The van der Waals surface area contributed by atoms with Crippen molar-refractivity contribution in [3.05, 3.63) is 47.4 Å². The minimum Gasteiger partial charge on any atom is -0.497 e. The first-order valence-electron chi connectivity index (χ1n) is 6.24. The number of methoxy groups -OCH3 is 2. The van der Waals surface area contributed by atoms with E-state index in [0.29, 0.717) is 0 Å². The second-order valence-electron chi connectivity index (χ2n) is 4.28. The maximum absolute atomic E-state index is 6.31. The van der Waals surface area contributed by atoms with Gasteiger partial charge in [0.05, 0.1) is 26.5 Å². The minimum atomic E-state index is -0.252. The lowest BCUT2D eigenvalue weighted by Gasteiger charge is -2.14. The first-order chi connectivity index (χ1) is 9.19. The first kappa shape index (κ1) is 13.5. The van der Waals surface area contributed by atoms with Crippen molar-refractivity contribution < 1.29 is 13.9 Å². The summed E-state index contributed by atoms with van der Waals surface area (Å²) in [5.41, 5.74) is 8.25. The normalized spacial score (nSPS) is 12.2. The van der Waals surface area contributed by atoms with Gasteiger partial charge in [-0.25, -0.2) is 0 Å². The number of ether oxygens (including phenoxy) is 2. The third kappa shape index (κ3) is 2.74. The molecular weight excluding hydrogens is 242 g/mol. The van der Waals surface area contributed by atoms with E-state index in [1.807, 2.05) is 31.2 Å². The molecule has 0 fully saturated rings. The Morgan fingerprint density at radius 2 is 1.79 bits per heavy atom. The van der Waals surface area contributed by atoms with Gasteiger partial charge in [0.2, 0.25) is 0 Å². The molecule has 4 nitrogen and oxygen atoms in total. The summed E-state index contributed by atoms with van der Waals surface area (Å²) in [5.74, 6) is 2.37. The molecule has 19 heavy (non-hydrogen) atoms. The highest BCUT2D eigenvalue weighted by atomic mass is 16.5. The van der Waals surface area contributed by atoms with E-state index in [0.717, 1.165) is 34.8 Å². The third-order valence-corrected chi connectivity index (χ3v) is 3.17. The topological polar surface area (TPSA) is 57.6 Å². The Morgan fingerprint density at radius 1 is 1.16 bits per heavy atom. The Morgan fingerprint density at radius 3 is 2.32 bits per heavy atom. The summed E-state index contributed by atoms with van der Waals surface area (Å²) in [5, 5.41) is 0. The summed E-state index contributed by atoms with van der Waals surface area (Å²) in [6, 6.07) is 7.32. The van der Waals surface area contributed by atoms with Crippen LogP contribution in [0.25, 0.3) is 0 Å². The van der Waals surface area contributed by atoms with Crippen molar-refractivity contribution >= 4 is 0 Å². The van der Waals surface area contributed by atoms with Gasteiger partial charge in [0.25, 0.3) is 0 Å². The summed E-state index contributed by atoms with van der Waals surface area (Å²) >= 11 is 0. The van der Waals surface area contributed by atoms with E-state index in [9.17, 15) is 0 Å². The molecule has 4 heteroatoms. The molecule has 102 valence electrons. The van der Waals surface area contributed by atoms with Crippen molar-refractivity contribution in [2.45, 2.75) is 19.4 Å². The predicted molar refractivity (Wildman–Crippen MR) is 73.7 cm³/mol. The van der Waals surface area contributed by atoms with Crippen molar-refractivity contribution in [1.82, 2.24) is 0 Å². The molecule has 0 radical (unpaired) electrons. The number of hydrogen-bond acceptors (Lipinski definition) is 4. The van der Waals surface area contributed by atoms with E-state index in [1.54, 1.807) is 20.5 Å². The molecule has 1 unspecified atom stereocenters. The quantitative estimate of drug-likeness (QED) is 0.899. The fraction of sp³-hybridized carbons (Fsp3) is 0.333. The van der Waals surface area contributed by atoms with Crippen LogP contribution in [0.1, 0.15) is 29.9 Å². The second-order valence-corrected chi connectivity index (χ2v) is 4.28. The molecule has 0 aliphatic rings. The van der Waals surface area contributed by atoms with Gasteiger partial charge in [0, 0.05) is 18.1 Å². The molecule has 1 aromatic heterocycles. The number of furan rings is 1. The lowest BCUT2D eigenvalue weighted by molar-refractivity contribution is 0.393. The highest BCUT2D eigenvalue weighted by Crippen LogP contribution is 2.30. The Bertz CT molecular complexity index is 526. The molecule has 0 amide bonds. The number of nitrogens with two attached hydrogens (primary N) is 1. The van der Waals surface area contributed by atoms with Gasteiger partial charge in [-0.3, -0.25) is 0 Å². The lowest BCUT2D eigenvalue weighted by Crippen LogP contribution is -2.13. The Hall–Kier alpha value is -1.94. The molecule has 0 aliphatic carbocycles. The van der Waals surface area contributed by atoms with E-state index in [1.165, 1.54) is 0 Å². The Kier molecular flexibility index (Phi) is 4.12. The average Bonchev–Trinajstić information content (AvgIpc) is 2.94. The van der Waals surface area contributed by atoms with Crippen LogP contribution in [0.15, 0.2) is 34.9 Å². The second kappa shape index (κ2) is 5.80. The summed E-state index contributed by atoms with van der Waals surface area (Å²) in [7, 11) is 3.25. The maximum Gasteiger partial charge on any atom is 0.122 e. The monoisotopic (exact) mass is 261 g/mol. The van der Waals surface area contributed by atoms with E-state index >= 15 is 0 Å². The zero-order chi connectivity index (χ0) is 13.8. The fourth-order valence-corrected chi connectivity index (χ4v) is 2.10. The van der Waals surface area contributed by atoms with Crippen molar-refractivity contribution in [3.8, 4) is 11.5 Å². The summed E-state index contributed by atoms with van der Waals surface area (Å²) in [6.45, 7) is 2.04. The van der Waals surface area contributed by atoms with E-state index in [4.69, 9.17) is 19.6 Å². The molecule has 0 spiro atoms. The van der Waals surface area contributed by atoms with Gasteiger partial charge in [0.15, 0.2) is 0 Å². The van der Waals surface area contributed by atoms with E-state index in [2.05, 4.69) is 0 Å². The van der Waals surface area contributed by atoms with Gasteiger partial charge in [-0.1, -0.05) is 6.92 Å². The van der Waals surface area contributed by atoms with Crippen LogP contribution >= 0.6 is 0 Å². The molecule has 0 saturated carbocycles. The van der Waals surface area contributed by atoms with Crippen LogP contribution in [-0.4, -0.2) is 14.2 Å². The van der Waals surface area contributed by atoms with Crippen LogP contribution in [0, 0.1) is 0 Å². The molecule has 1 atom stereocenters. The van der Waals surface area contributed by atoms with Crippen LogP contribution in [0.2, 0.25) is 0 Å². The first-order valence-corrected chi connectivity index (χ1v) is 6.24. The highest BCUT2D eigenvalue weighted by molar-refractivity contribution is 5.43. The molecule has 0 saturated heterocycles. The number of hydrogen-bond donors (Lipinski definition) is 1. The van der Waals surface area contributed by atoms with Crippen LogP contribution in [0.3, 0.4) is 0 Å². The third-order valence-electron chi connectivity index (χ3n) is 3.17. The number of rotatable bonds is 5. The number of benzene rings is 1. The molecule has 1 heterocycles. The summed E-state index contributed by atoms with van der Waals surface area (Å²) in [4.78, 5) is 0. The summed E-state index contributed by atoms with van der Waals surface area (Å²) in [6.07, 6.45) is 2.49.